The maximum absolute atomic E-state index is 10.6. The van der Waals surface area contributed by atoms with Gasteiger partial charge in [0.2, 0.25) is 0 Å². The Balaban J connectivity index is 4.09. The molecule has 0 heterocycles. The molecule has 0 aromatic rings. The molecule has 0 fully saturated rings. The third kappa shape index (κ3) is 5.79. The first-order chi connectivity index (χ1) is 4.98. The minimum absolute atomic E-state index is 0.134. The van der Waals surface area contributed by atoms with Crippen LogP contribution in [0.4, 0.5) is 0 Å². The Morgan fingerprint density at radius 1 is 1.55 bits per heavy atom. The van der Waals surface area contributed by atoms with Gasteiger partial charge in [0.1, 0.15) is 0 Å². The largest absolute Gasteiger partial charge is 0.295 e. The molecular weight excluding hydrogens is 152 g/mol. The van der Waals surface area contributed by atoms with Gasteiger partial charge in [0.15, 0.2) is 5.78 Å². The van der Waals surface area contributed by atoms with Crippen molar-refractivity contribution in [3.05, 3.63) is 24.4 Å². The summed E-state index contributed by atoms with van der Waals surface area (Å²) in [4.78, 5) is 10.6. The summed E-state index contributed by atoms with van der Waals surface area (Å²) in [5.74, 6) is 0.134. The second kappa shape index (κ2) is 4.29. The van der Waals surface area contributed by atoms with Crippen LogP contribution in [-0.4, -0.2) is 13.9 Å². The van der Waals surface area contributed by atoms with Crippen molar-refractivity contribution in [1.82, 2.24) is 0 Å². The number of carbonyl (C=O) groups is 1. The Hall–Kier alpha value is -0.633. The fourth-order valence-electron chi connectivity index (χ4n) is 0.783. The Kier molecular flexibility index (Phi) is 4.04. The molecule has 0 unspecified atom stereocenters. The van der Waals surface area contributed by atoms with Crippen LogP contribution in [0.15, 0.2) is 24.4 Å². The smallest absolute Gasteiger partial charge is 0.151 e. The summed E-state index contributed by atoms with van der Waals surface area (Å²) in [6, 6.07) is 1.04. The van der Waals surface area contributed by atoms with Crippen molar-refractivity contribution in [2.75, 3.05) is 0 Å². The highest BCUT2D eigenvalue weighted by Gasteiger charge is 2.13. The van der Waals surface area contributed by atoms with Crippen LogP contribution in [0, 0.1) is 0 Å². The monoisotopic (exact) mass is 168 g/mol. The number of carbonyl (C=O) groups excluding carboxylic acids is 1. The third-order valence-corrected chi connectivity index (χ3v) is 3.85. The molecule has 0 saturated carbocycles. The first-order valence-corrected chi connectivity index (χ1v) is 7.07. The fourth-order valence-corrected chi connectivity index (χ4v) is 2.35. The Morgan fingerprint density at radius 2 is 2.09 bits per heavy atom. The van der Waals surface area contributed by atoms with E-state index >= 15 is 0 Å². The van der Waals surface area contributed by atoms with Crippen molar-refractivity contribution in [2.24, 2.45) is 0 Å². The fraction of sp³-hybridized carbons (Fsp3) is 0.444. The lowest BCUT2D eigenvalue weighted by atomic mass is 10.5. The molecule has 2 heteroatoms. The molecule has 11 heavy (non-hydrogen) atoms. The Labute approximate surface area is 69.8 Å². The predicted molar refractivity (Wildman–Crippen MR) is 52.3 cm³/mol. The Morgan fingerprint density at radius 3 is 2.45 bits per heavy atom. The van der Waals surface area contributed by atoms with Crippen molar-refractivity contribution in [1.29, 1.82) is 0 Å². The van der Waals surface area contributed by atoms with E-state index in [4.69, 9.17) is 0 Å². The van der Waals surface area contributed by atoms with Crippen LogP contribution in [0.5, 0.6) is 0 Å². The molecule has 1 nitrogen and oxygen atoms in total. The molecular formula is C9H16OSi. The molecule has 0 bridgehead atoms. The molecule has 0 aliphatic carbocycles. The van der Waals surface area contributed by atoms with Crippen molar-refractivity contribution in [3.8, 4) is 0 Å². The summed E-state index contributed by atoms with van der Waals surface area (Å²) >= 11 is 0. The van der Waals surface area contributed by atoms with Crippen LogP contribution in [-0.2, 0) is 4.79 Å². The van der Waals surface area contributed by atoms with E-state index in [-0.39, 0.29) is 5.78 Å². The average Bonchev–Trinajstić information content (AvgIpc) is 1.84. The highest BCUT2D eigenvalue weighted by atomic mass is 28.3. The summed E-state index contributed by atoms with van der Waals surface area (Å²) < 4.78 is 0. The van der Waals surface area contributed by atoms with E-state index in [2.05, 4.69) is 25.4 Å². The lowest BCUT2D eigenvalue weighted by Gasteiger charge is -2.13. The molecule has 0 N–H and O–H groups in total. The van der Waals surface area contributed by atoms with Crippen LogP contribution in [0.2, 0.25) is 19.1 Å². The van der Waals surface area contributed by atoms with Crippen LogP contribution >= 0.6 is 0 Å². The number of rotatable bonds is 4. The standard InChI is InChI=1S/C9H16OSi/c1-5-7-11(3,4)8-6-9(2)10/h5-6,8H,1,7H2,2-4H3/b8-6+. The van der Waals surface area contributed by atoms with Gasteiger partial charge in [-0.1, -0.05) is 24.9 Å². The van der Waals surface area contributed by atoms with Gasteiger partial charge in [0.05, 0.1) is 8.07 Å². The number of ketones is 1. The zero-order valence-corrected chi connectivity index (χ0v) is 8.55. The van der Waals surface area contributed by atoms with Gasteiger partial charge < -0.3 is 0 Å². The van der Waals surface area contributed by atoms with E-state index in [0.29, 0.717) is 0 Å². The van der Waals surface area contributed by atoms with Crippen LogP contribution < -0.4 is 0 Å². The average molecular weight is 168 g/mol. The molecule has 0 atom stereocenters. The zero-order chi connectivity index (χ0) is 8.91. The summed E-state index contributed by atoms with van der Waals surface area (Å²) in [6.07, 6.45) is 3.60. The van der Waals surface area contributed by atoms with Crippen molar-refractivity contribution < 1.29 is 4.79 Å². The molecule has 0 radical (unpaired) electrons. The van der Waals surface area contributed by atoms with Crippen molar-refractivity contribution in [2.45, 2.75) is 26.1 Å². The molecule has 0 aliphatic heterocycles. The molecule has 0 aromatic heterocycles. The number of allylic oxidation sites excluding steroid dienone is 2. The second-order valence-electron chi connectivity index (χ2n) is 3.43. The minimum atomic E-state index is -1.29. The molecule has 0 rings (SSSR count). The number of hydrogen-bond donors (Lipinski definition) is 0. The maximum Gasteiger partial charge on any atom is 0.151 e. The van der Waals surface area contributed by atoms with Gasteiger partial charge in [-0.15, -0.1) is 6.58 Å². The van der Waals surface area contributed by atoms with Crippen LogP contribution in [0.3, 0.4) is 0 Å². The van der Waals surface area contributed by atoms with Gasteiger partial charge in [0, 0.05) is 0 Å². The Bertz CT molecular complexity index is 180. The molecule has 0 amide bonds. The number of hydrogen-bond acceptors (Lipinski definition) is 1. The highest BCUT2D eigenvalue weighted by molar-refractivity contribution is 6.82. The maximum atomic E-state index is 10.6. The minimum Gasteiger partial charge on any atom is -0.295 e. The molecule has 0 saturated heterocycles. The topological polar surface area (TPSA) is 17.1 Å². The van der Waals surface area contributed by atoms with E-state index in [0.717, 1.165) is 6.04 Å². The first kappa shape index (κ1) is 10.4. The van der Waals surface area contributed by atoms with Gasteiger partial charge in [-0.2, -0.15) is 0 Å². The van der Waals surface area contributed by atoms with Gasteiger partial charge in [-0.05, 0) is 19.0 Å². The second-order valence-corrected chi connectivity index (χ2v) is 8.14. The van der Waals surface area contributed by atoms with Crippen molar-refractivity contribution in [3.63, 3.8) is 0 Å². The quantitative estimate of drug-likeness (QED) is 0.358. The van der Waals surface area contributed by atoms with E-state index in [1.54, 1.807) is 13.0 Å². The molecule has 0 aliphatic rings. The van der Waals surface area contributed by atoms with E-state index in [1.807, 2.05) is 6.08 Å². The van der Waals surface area contributed by atoms with Crippen LogP contribution in [0.25, 0.3) is 0 Å². The summed E-state index contributed by atoms with van der Waals surface area (Å²) in [6.45, 7) is 9.70. The zero-order valence-electron chi connectivity index (χ0n) is 7.55. The van der Waals surface area contributed by atoms with E-state index in [1.165, 1.54) is 0 Å². The lowest BCUT2D eigenvalue weighted by Crippen LogP contribution is -2.21. The molecule has 0 spiro atoms. The van der Waals surface area contributed by atoms with Crippen molar-refractivity contribution >= 4 is 13.9 Å². The predicted octanol–water partition coefficient (Wildman–Crippen LogP) is 2.57. The third-order valence-electron chi connectivity index (χ3n) is 1.44. The molecule has 0 aromatic carbocycles. The summed E-state index contributed by atoms with van der Waals surface area (Å²) in [7, 11) is -1.29. The van der Waals surface area contributed by atoms with E-state index < -0.39 is 8.07 Å². The summed E-state index contributed by atoms with van der Waals surface area (Å²) in [5, 5.41) is 0. The molecule has 62 valence electrons. The van der Waals surface area contributed by atoms with Crippen LogP contribution in [0.1, 0.15) is 6.92 Å². The van der Waals surface area contributed by atoms with Gasteiger partial charge >= 0.3 is 0 Å². The van der Waals surface area contributed by atoms with Gasteiger partial charge in [0.25, 0.3) is 0 Å². The highest BCUT2D eigenvalue weighted by Crippen LogP contribution is 2.10. The van der Waals surface area contributed by atoms with Gasteiger partial charge in [-0.3, -0.25) is 4.79 Å². The lowest BCUT2D eigenvalue weighted by molar-refractivity contribution is -0.112. The summed E-state index contributed by atoms with van der Waals surface area (Å²) in [5.41, 5.74) is 2.07. The SMILES string of the molecule is C=CC[Si](C)(C)/C=C/C(C)=O. The first-order valence-electron chi connectivity index (χ1n) is 3.78. The van der Waals surface area contributed by atoms with Gasteiger partial charge in [-0.25, -0.2) is 0 Å². The normalized spacial score (nSPS) is 11.9. The van der Waals surface area contributed by atoms with E-state index in [9.17, 15) is 4.79 Å².